The molecule has 0 saturated heterocycles. The summed E-state index contributed by atoms with van der Waals surface area (Å²) in [6.07, 6.45) is 0. The normalized spacial score (nSPS) is 2.40. The summed E-state index contributed by atoms with van der Waals surface area (Å²) < 4.78 is 0. The molecule has 0 atom stereocenters. The third kappa shape index (κ3) is 5880. The first kappa shape index (κ1) is 20.3. The van der Waals surface area contributed by atoms with E-state index in [0.29, 0.717) is 6.47 Å². The van der Waals surface area contributed by atoms with Crippen molar-refractivity contribution < 1.29 is 32.4 Å². The Bertz CT molecular complexity index is 14.4. The van der Waals surface area contributed by atoms with Gasteiger partial charge in [0.25, 0.3) is 0 Å². The fourth-order valence-electron chi connectivity index (χ4n) is 0. The van der Waals surface area contributed by atoms with E-state index in [-0.39, 0.29) is 22.5 Å². The Morgan fingerprint density at radius 2 is 1.60 bits per heavy atom. The van der Waals surface area contributed by atoms with E-state index in [2.05, 4.69) is 0 Å². The van der Waals surface area contributed by atoms with Gasteiger partial charge in [0.15, 0.2) is 0 Å². The minimum absolute atomic E-state index is 0. The molecule has 0 aromatic carbocycles. The van der Waals surface area contributed by atoms with Gasteiger partial charge in [0, 0.05) is 0 Å². The van der Waals surface area contributed by atoms with Gasteiger partial charge in [0.2, 0.25) is 0 Å². The van der Waals surface area contributed by atoms with Crippen LogP contribution >= 0.6 is 0 Å². The Labute approximate surface area is 39.8 Å². The molecule has 0 bridgehead atoms. The molecule has 36 valence electrons. The van der Waals surface area contributed by atoms with Gasteiger partial charge in [-0.15, -0.1) is 0 Å². The zero-order valence-electron chi connectivity index (χ0n) is 2.16. The zero-order chi connectivity index (χ0) is 2.71. The monoisotopic (exact) mass is 126 g/mol. The van der Waals surface area contributed by atoms with Crippen LogP contribution < -0.4 is 0 Å². The van der Waals surface area contributed by atoms with Crippen LogP contribution in [0.4, 0.5) is 0 Å². The largest absolute Gasteiger partial charge is 1.00 e. The second kappa shape index (κ2) is 38.1. The molecule has 0 aliphatic heterocycles. The van der Waals surface area contributed by atoms with E-state index in [4.69, 9.17) is 9.90 Å². The van der Waals surface area contributed by atoms with Crippen LogP contribution in [0, 0.1) is 0 Å². The molecule has 0 radical (unpaired) electrons. The van der Waals surface area contributed by atoms with Crippen molar-refractivity contribution >= 4 is 6.47 Å². The summed E-state index contributed by atoms with van der Waals surface area (Å²) >= 11 is 0. The topological polar surface area (TPSA) is 68.8 Å². The van der Waals surface area contributed by atoms with Gasteiger partial charge in [0.05, 0.1) is 0 Å². The minimum Gasteiger partial charge on any atom is -0.665 e. The van der Waals surface area contributed by atoms with Gasteiger partial charge in [-0.25, -0.2) is 0 Å². The van der Waals surface area contributed by atoms with Crippen molar-refractivity contribution in [1.82, 2.24) is 0 Å². The van der Waals surface area contributed by atoms with Gasteiger partial charge in [-0.05, 0) is 0 Å². The summed E-state index contributed by atoms with van der Waals surface area (Å²) in [6, 6.07) is 0. The van der Waals surface area contributed by atoms with Crippen molar-refractivity contribution in [2.24, 2.45) is 0 Å². The van der Waals surface area contributed by atoms with Gasteiger partial charge >= 0.3 is 17.1 Å². The van der Waals surface area contributed by atoms with E-state index in [1.54, 1.807) is 0 Å². The quantitative estimate of drug-likeness (QED) is 0.327. The van der Waals surface area contributed by atoms with Gasteiger partial charge in [-0.1, -0.05) is 6.47 Å². The van der Waals surface area contributed by atoms with Gasteiger partial charge in [-0.3, -0.25) is 0 Å². The van der Waals surface area contributed by atoms with E-state index < -0.39 is 0 Å². The van der Waals surface area contributed by atoms with E-state index in [1.807, 2.05) is 0 Å². The molecule has 5 heavy (non-hydrogen) atoms. The van der Waals surface area contributed by atoms with E-state index in [9.17, 15) is 0 Å². The average molecular weight is 127 g/mol. The van der Waals surface area contributed by atoms with Crippen LogP contribution in [-0.4, -0.2) is 17.1 Å². The third-order valence-electron chi connectivity index (χ3n) is 0. The maximum absolute atomic E-state index is 8.24. The van der Waals surface area contributed by atoms with Gasteiger partial charge in [-0.2, -0.15) is 0 Å². The Balaban J connectivity index is -0.0000000200. The molecule has 0 heterocycles. The minimum atomic E-state index is 0. The summed E-state index contributed by atoms with van der Waals surface area (Å²) in [4.78, 5) is 8.24. The smallest absolute Gasteiger partial charge is 0.665 e. The van der Waals surface area contributed by atoms with Crippen molar-refractivity contribution in [3.05, 3.63) is 0 Å². The number of aliphatic hydroxyl groups excluding tert-OH is 1. The molecule has 0 aromatic rings. The summed E-state index contributed by atoms with van der Waals surface area (Å²) in [5, 5.41) is 6.76. The first-order valence-corrected chi connectivity index (χ1v) is 0.428. The Hall–Kier alpha value is -0.0505. The molecule has 0 aliphatic carbocycles. The summed E-state index contributed by atoms with van der Waals surface area (Å²) in [7, 11) is 0. The number of hydrogen-bond acceptors (Lipinski definition) is 1. The summed E-state index contributed by atoms with van der Waals surface area (Å²) in [5.41, 5.74) is 0. The molecule has 0 fully saturated rings. The van der Waals surface area contributed by atoms with Gasteiger partial charge in [0.1, 0.15) is 0 Å². The molecule has 3 N–H and O–H groups in total. The van der Waals surface area contributed by atoms with E-state index >= 15 is 0 Å². The average Bonchev–Trinajstić information content (AvgIpc) is 0.918. The molecular weight excluding hydrogens is 124 g/mol. The predicted molar refractivity (Wildman–Crippen MR) is 11.9 cm³/mol. The standard InChI is InChI=1S/CHO2.Cu.H2O/c2-1-3;;/h(H,2,3);;1H2/q-1;+1;. The molecule has 0 unspecified atom stereocenters. The van der Waals surface area contributed by atoms with Crippen molar-refractivity contribution in [3.63, 3.8) is 0 Å². The van der Waals surface area contributed by atoms with Crippen molar-refractivity contribution in [2.45, 2.75) is 0 Å². The zero-order valence-corrected chi connectivity index (χ0v) is 3.10. The maximum Gasteiger partial charge on any atom is 1.00 e. The summed E-state index contributed by atoms with van der Waals surface area (Å²) in [5.74, 6) is 0. The summed E-state index contributed by atoms with van der Waals surface area (Å²) in [6.45, 7) is 0.500. The van der Waals surface area contributed by atoms with Crippen LogP contribution in [0.1, 0.15) is 0 Å². The Morgan fingerprint density at radius 3 is 1.60 bits per heavy atom. The molecule has 0 aromatic heterocycles. The predicted octanol–water partition coefficient (Wildman–Crippen LogP) is -1.22. The molecule has 0 spiro atoms. The second-order valence-electron chi connectivity index (χ2n) is 0.0913. The maximum atomic E-state index is 8.24. The molecule has 0 aliphatic rings. The fourth-order valence-corrected chi connectivity index (χ4v) is 0. The van der Waals surface area contributed by atoms with Gasteiger partial charge < -0.3 is 15.4 Å². The van der Waals surface area contributed by atoms with Crippen LogP contribution in [0.2, 0.25) is 0 Å². The van der Waals surface area contributed by atoms with E-state index in [0.717, 1.165) is 0 Å². The molecular formula is CH3CuO3. The van der Waals surface area contributed by atoms with E-state index in [1.165, 1.54) is 0 Å². The molecule has 0 saturated carbocycles. The van der Waals surface area contributed by atoms with Crippen LogP contribution in [-0.2, 0) is 21.9 Å². The van der Waals surface area contributed by atoms with Crippen molar-refractivity contribution in [1.29, 1.82) is 0 Å². The molecule has 4 heteroatoms. The molecule has 0 rings (SSSR count). The second-order valence-corrected chi connectivity index (χ2v) is 0.0913. The van der Waals surface area contributed by atoms with Crippen LogP contribution in [0.3, 0.4) is 0 Å². The van der Waals surface area contributed by atoms with Crippen LogP contribution in [0.25, 0.3) is 0 Å². The number of hydrogen-bond donors (Lipinski definition) is 1. The number of rotatable bonds is 0. The van der Waals surface area contributed by atoms with Crippen molar-refractivity contribution in [3.8, 4) is 0 Å². The Morgan fingerprint density at radius 1 is 1.60 bits per heavy atom. The van der Waals surface area contributed by atoms with Crippen LogP contribution in [0.15, 0.2) is 0 Å². The van der Waals surface area contributed by atoms with Crippen LogP contribution in [0.5, 0.6) is 0 Å². The molecule has 0 amide bonds. The third-order valence-corrected chi connectivity index (χ3v) is 0. The van der Waals surface area contributed by atoms with Crippen molar-refractivity contribution in [2.75, 3.05) is 0 Å². The Kier molecular flexibility index (Phi) is 155. The fraction of sp³-hybridized carbons (Fsp3) is 0. The molecule has 3 nitrogen and oxygen atoms in total. The SMILES string of the molecule is O.O=[C-]O.[Cu+]. The first-order valence-electron chi connectivity index (χ1n) is 0.428. The first-order chi connectivity index (χ1) is 1.41.